The average molecular weight is 391 g/mol. The fourth-order valence-electron chi connectivity index (χ4n) is 1.62. The zero-order valence-electron chi connectivity index (χ0n) is 9.66. The molecule has 19 heavy (non-hydrogen) atoms. The standard InChI is InChI=1S/C13H9ClFIN2O/c14-11-10(6-19)18-9(12(16)13(11)17)5-7-1-3-8(15)4-2-7/h1-4,6H,5H2,(H2,17,18). The Labute approximate surface area is 128 Å². The molecule has 0 fully saturated rings. The summed E-state index contributed by atoms with van der Waals surface area (Å²) in [5.41, 5.74) is 7.83. The van der Waals surface area contributed by atoms with E-state index in [-0.39, 0.29) is 16.5 Å². The number of rotatable bonds is 3. The predicted octanol–water partition coefficient (Wildman–Crippen LogP) is 3.46. The van der Waals surface area contributed by atoms with Gasteiger partial charge in [0.15, 0.2) is 6.29 Å². The number of halogens is 3. The van der Waals surface area contributed by atoms with E-state index in [1.54, 1.807) is 12.1 Å². The predicted molar refractivity (Wildman–Crippen MR) is 81.0 cm³/mol. The molecule has 0 aliphatic rings. The monoisotopic (exact) mass is 390 g/mol. The summed E-state index contributed by atoms with van der Waals surface area (Å²) in [6.45, 7) is 0. The Bertz CT molecular complexity index is 632. The van der Waals surface area contributed by atoms with Crippen molar-refractivity contribution in [2.75, 3.05) is 5.73 Å². The molecular formula is C13H9ClFIN2O. The van der Waals surface area contributed by atoms with Crippen LogP contribution in [0.25, 0.3) is 0 Å². The van der Waals surface area contributed by atoms with Crippen LogP contribution >= 0.6 is 34.2 Å². The maximum Gasteiger partial charge on any atom is 0.170 e. The molecular weight excluding hydrogens is 382 g/mol. The molecule has 0 atom stereocenters. The van der Waals surface area contributed by atoms with E-state index in [1.807, 2.05) is 22.6 Å². The van der Waals surface area contributed by atoms with Crippen molar-refractivity contribution < 1.29 is 9.18 Å². The Morgan fingerprint density at radius 3 is 2.58 bits per heavy atom. The molecule has 0 bridgehead atoms. The van der Waals surface area contributed by atoms with Gasteiger partial charge in [-0.25, -0.2) is 9.37 Å². The van der Waals surface area contributed by atoms with Crippen molar-refractivity contribution >= 4 is 46.2 Å². The Kier molecular flexibility index (Phi) is 4.36. The number of nitrogen functional groups attached to an aromatic ring is 1. The number of nitrogens with two attached hydrogens (primary N) is 1. The molecule has 98 valence electrons. The fraction of sp³-hybridized carbons (Fsp3) is 0.0769. The molecule has 0 radical (unpaired) electrons. The highest BCUT2D eigenvalue weighted by atomic mass is 127. The normalized spacial score (nSPS) is 10.5. The number of nitrogens with zero attached hydrogens (tertiary/aromatic N) is 1. The number of benzene rings is 1. The highest BCUT2D eigenvalue weighted by molar-refractivity contribution is 14.1. The summed E-state index contributed by atoms with van der Waals surface area (Å²) >= 11 is 7.96. The van der Waals surface area contributed by atoms with Crippen molar-refractivity contribution in [2.45, 2.75) is 6.42 Å². The number of pyridine rings is 1. The molecule has 0 spiro atoms. The van der Waals surface area contributed by atoms with Crippen LogP contribution < -0.4 is 5.73 Å². The van der Waals surface area contributed by atoms with Gasteiger partial charge in [0, 0.05) is 6.42 Å². The van der Waals surface area contributed by atoms with Crippen LogP contribution in [0.2, 0.25) is 5.02 Å². The first kappa shape index (κ1) is 14.2. The molecule has 0 aliphatic carbocycles. The molecule has 0 amide bonds. The van der Waals surface area contributed by atoms with E-state index in [9.17, 15) is 9.18 Å². The van der Waals surface area contributed by atoms with Crippen LogP contribution in [0.1, 0.15) is 21.7 Å². The number of anilines is 1. The molecule has 1 heterocycles. The van der Waals surface area contributed by atoms with Gasteiger partial charge in [0.2, 0.25) is 0 Å². The highest BCUT2D eigenvalue weighted by Gasteiger charge is 2.14. The highest BCUT2D eigenvalue weighted by Crippen LogP contribution is 2.29. The lowest BCUT2D eigenvalue weighted by atomic mass is 10.1. The van der Waals surface area contributed by atoms with Crippen molar-refractivity contribution in [2.24, 2.45) is 0 Å². The van der Waals surface area contributed by atoms with Crippen LogP contribution in [0.4, 0.5) is 10.1 Å². The molecule has 1 aromatic heterocycles. The minimum absolute atomic E-state index is 0.122. The van der Waals surface area contributed by atoms with Crippen molar-refractivity contribution in [1.29, 1.82) is 0 Å². The van der Waals surface area contributed by atoms with E-state index < -0.39 is 0 Å². The average Bonchev–Trinajstić information content (AvgIpc) is 2.42. The molecule has 3 nitrogen and oxygen atoms in total. The molecule has 1 aromatic carbocycles. The van der Waals surface area contributed by atoms with Crippen molar-refractivity contribution in [3.8, 4) is 0 Å². The summed E-state index contributed by atoms with van der Waals surface area (Å²) in [4.78, 5) is 15.1. The molecule has 6 heteroatoms. The number of carbonyl (C=O) groups is 1. The Morgan fingerprint density at radius 1 is 1.37 bits per heavy atom. The zero-order valence-corrected chi connectivity index (χ0v) is 12.6. The van der Waals surface area contributed by atoms with Gasteiger partial charge in [-0.2, -0.15) is 0 Å². The fourth-order valence-corrected chi connectivity index (χ4v) is 2.55. The van der Waals surface area contributed by atoms with Gasteiger partial charge >= 0.3 is 0 Å². The van der Waals surface area contributed by atoms with Crippen LogP contribution in [0.15, 0.2) is 24.3 Å². The third kappa shape index (κ3) is 3.03. The van der Waals surface area contributed by atoms with E-state index in [1.165, 1.54) is 12.1 Å². The minimum Gasteiger partial charge on any atom is -0.397 e. The minimum atomic E-state index is -0.296. The third-order valence-corrected chi connectivity index (χ3v) is 4.20. The number of hydrogen-bond acceptors (Lipinski definition) is 3. The van der Waals surface area contributed by atoms with E-state index in [4.69, 9.17) is 17.3 Å². The summed E-state index contributed by atoms with van der Waals surface area (Å²) < 4.78 is 13.5. The first-order valence-corrected chi connectivity index (χ1v) is 6.81. The number of aldehydes is 1. The molecule has 0 aliphatic heterocycles. The maximum absolute atomic E-state index is 12.8. The quantitative estimate of drug-likeness (QED) is 0.645. The molecule has 2 rings (SSSR count). The van der Waals surface area contributed by atoms with Gasteiger partial charge in [-0.3, -0.25) is 4.79 Å². The second-order valence-corrected chi connectivity index (χ2v) is 5.36. The number of aromatic nitrogens is 1. The van der Waals surface area contributed by atoms with Crippen molar-refractivity contribution in [3.63, 3.8) is 0 Å². The SMILES string of the molecule is Nc1c(Cl)c(C=O)nc(Cc2ccc(F)cc2)c1I. The van der Waals surface area contributed by atoms with E-state index >= 15 is 0 Å². The lowest BCUT2D eigenvalue weighted by Gasteiger charge is -2.10. The van der Waals surface area contributed by atoms with Gasteiger partial charge in [-0.1, -0.05) is 23.7 Å². The van der Waals surface area contributed by atoms with E-state index in [2.05, 4.69) is 4.98 Å². The second-order valence-electron chi connectivity index (χ2n) is 3.91. The zero-order chi connectivity index (χ0) is 14.0. The van der Waals surface area contributed by atoms with E-state index in [0.29, 0.717) is 27.7 Å². The van der Waals surface area contributed by atoms with Gasteiger partial charge in [0.1, 0.15) is 11.5 Å². The van der Waals surface area contributed by atoms with Gasteiger partial charge in [0.05, 0.1) is 20.0 Å². The Balaban J connectivity index is 2.42. The summed E-state index contributed by atoms with van der Waals surface area (Å²) in [7, 11) is 0. The molecule has 0 saturated heterocycles. The van der Waals surface area contributed by atoms with Crippen LogP contribution in [0, 0.1) is 9.39 Å². The first-order chi connectivity index (χ1) is 9.02. The topological polar surface area (TPSA) is 56.0 Å². The molecule has 0 unspecified atom stereocenters. The van der Waals surface area contributed by atoms with Gasteiger partial charge in [0.25, 0.3) is 0 Å². The second kappa shape index (κ2) is 5.83. The van der Waals surface area contributed by atoms with Crippen molar-refractivity contribution in [1.82, 2.24) is 4.98 Å². The third-order valence-electron chi connectivity index (χ3n) is 2.60. The van der Waals surface area contributed by atoms with Crippen LogP contribution in [0.3, 0.4) is 0 Å². The van der Waals surface area contributed by atoms with Crippen LogP contribution in [0.5, 0.6) is 0 Å². The summed E-state index contributed by atoms with van der Waals surface area (Å²) in [5.74, 6) is -0.296. The number of carbonyl (C=O) groups excluding carboxylic acids is 1. The molecule has 0 saturated carbocycles. The lowest BCUT2D eigenvalue weighted by molar-refractivity contribution is 0.111. The molecule has 2 aromatic rings. The van der Waals surface area contributed by atoms with Gasteiger partial charge < -0.3 is 5.73 Å². The Hall–Kier alpha value is -1.21. The summed E-state index contributed by atoms with van der Waals surface area (Å²) in [6, 6.07) is 6.08. The maximum atomic E-state index is 12.8. The lowest BCUT2D eigenvalue weighted by Crippen LogP contribution is -2.05. The largest absolute Gasteiger partial charge is 0.397 e. The number of hydrogen-bond donors (Lipinski definition) is 1. The van der Waals surface area contributed by atoms with Crippen LogP contribution in [-0.4, -0.2) is 11.3 Å². The summed E-state index contributed by atoms with van der Waals surface area (Å²) in [5, 5.41) is 0.169. The van der Waals surface area contributed by atoms with Gasteiger partial charge in [-0.15, -0.1) is 0 Å². The van der Waals surface area contributed by atoms with Crippen molar-refractivity contribution in [3.05, 3.63) is 55.6 Å². The smallest absolute Gasteiger partial charge is 0.170 e. The molecule has 2 N–H and O–H groups in total. The van der Waals surface area contributed by atoms with E-state index in [0.717, 1.165) is 5.56 Å². The van der Waals surface area contributed by atoms with Crippen LogP contribution in [-0.2, 0) is 6.42 Å². The Morgan fingerprint density at radius 2 is 2.00 bits per heavy atom. The van der Waals surface area contributed by atoms with Gasteiger partial charge in [-0.05, 0) is 40.3 Å². The first-order valence-electron chi connectivity index (χ1n) is 5.36. The summed E-state index contributed by atoms with van der Waals surface area (Å²) in [6.07, 6.45) is 1.03.